The highest BCUT2D eigenvalue weighted by Crippen LogP contribution is 2.22. The number of amides is 1. The van der Waals surface area contributed by atoms with E-state index in [0.717, 1.165) is 18.4 Å². The normalized spacial score (nSPS) is 11.0. The second kappa shape index (κ2) is 8.95. The van der Waals surface area contributed by atoms with Gasteiger partial charge < -0.3 is 9.73 Å². The van der Waals surface area contributed by atoms with Crippen molar-refractivity contribution in [3.8, 4) is 11.3 Å². The van der Waals surface area contributed by atoms with E-state index in [1.54, 1.807) is 48.5 Å². The maximum Gasteiger partial charge on any atom is 0.274 e. The molecule has 0 saturated heterocycles. The van der Waals surface area contributed by atoms with Gasteiger partial charge in [0, 0.05) is 17.5 Å². The maximum absolute atomic E-state index is 13.1. The minimum Gasteiger partial charge on any atom is -0.459 e. The van der Waals surface area contributed by atoms with Crippen LogP contribution in [0.15, 0.2) is 69.9 Å². The fraction of sp³-hybridized carbons (Fsp3) is 0.208. The molecule has 0 radical (unpaired) electrons. The van der Waals surface area contributed by atoms with E-state index in [1.165, 1.54) is 16.8 Å². The molecule has 1 amide bonds. The molecule has 0 aliphatic rings. The molecule has 0 aliphatic heterocycles. The van der Waals surface area contributed by atoms with E-state index in [-0.39, 0.29) is 29.5 Å². The lowest BCUT2D eigenvalue weighted by Crippen LogP contribution is -2.30. The molecule has 4 rings (SSSR count). The summed E-state index contributed by atoms with van der Waals surface area (Å²) >= 11 is 0. The predicted molar refractivity (Wildman–Crippen MR) is 116 cm³/mol. The van der Waals surface area contributed by atoms with Gasteiger partial charge in [0.1, 0.15) is 17.3 Å². The SMILES string of the molecule is CCCCn1nc(C(=O)NCc2ccc(-c3ccc(F)cc3)o2)c2ccccc2c1=O. The van der Waals surface area contributed by atoms with Crippen molar-refractivity contribution in [3.05, 3.63) is 88.3 Å². The molecule has 1 N–H and O–H groups in total. The van der Waals surface area contributed by atoms with Gasteiger partial charge in [-0.25, -0.2) is 9.07 Å². The van der Waals surface area contributed by atoms with Crippen molar-refractivity contribution >= 4 is 16.7 Å². The standard InChI is InChI=1S/C24H22FN3O3/c1-2-3-14-28-24(30)20-7-5-4-6-19(20)22(27-28)23(29)26-15-18-12-13-21(31-18)16-8-10-17(25)11-9-16/h4-13H,2-3,14-15H2,1H3,(H,26,29). The van der Waals surface area contributed by atoms with Gasteiger partial charge in [0.25, 0.3) is 11.5 Å². The molecule has 7 heteroatoms. The van der Waals surface area contributed by atoms with Crippen LogP contribution in [0.3, 0.4) is 0 Å². The first kappa shape index (κ1) is 20.5. The molecule has 0 unspecified atom stereocenters. The summed E-state index contributed by atoms with van der Waals surface area (Å²) in [6, 6.07) is 16.5. The lowest BCUT2D eigenvalue weighted by Gasteiger charge is -2.10. The molecule has 0 atom stereocenters. The summed E-state index contributed by atoms with van der Waals surface area (Å²) in [6.45, 7) is 2.65. The Kier molecular flexibility index (Phi) is 5.93. The Balaban J connectivity index is 1.55. The number of hydrogen-bond donors (Lipinski definition) is 1. The molecule has 0 aliphatic carbocycles. The van der Waals surface area contributed by atoms with Gasteiger partial charge in [-0.15, -0.1) is 0 Å². The summed E-state index contributed by atoms with van der Waals surface area (Å²) in [5.41, 5.74) is 0.752. The molecule has 2 aromatic heterocycles. The van der Waals surface area contributed by atoms with Crippen LogP contribution in [0.5, 0.6) is 0 Å². The molecule has 2 aromatic carbocycles. The molecule has 158 valence electrons. The number of benzene rings is 2. The van der Waals surface area contributed by atoms with Crippen LogP contribution in [-0.4, -0.2) is 15.7 Å². The third-order valence-electron chi connectivity index (χ3n) is 5.02. The zero-order valence-electron chi connectivity index (χ0n) is 17.1. The number of carbonyl (C=O) groups is 1. The topological polar surface area (TPSA) is 77.1 Å². The van der Waals surface area contributed by atoms with Gasteiger partial charge in [0.15, 0.2) is 5.69 Å². The second-order valence-electron chi connectivity index (χ2n) is 7.23. The number of carbonyl (C=O) groups excluding carboxylic acids is 1. The van der Waals surface area contributed by atoms with Gasteiger partial charge in [0.05, 0.1) is 11.9 Å². The van der Waals surface area contributed by atoms with E-state index in [9.17, 15) is 14.0 Å². The number of aryl methyl sites for hydroxylation is 1. The van der Waals surface area contributed by atoms with Crippen LogP contribution in [0, 0.1) is 5.82 Å². The van der Waals surface area contributed by atoms with E-state index in [2.05, 4.69) is 10.4 Å². The average molecular weight is 419 g/mol. The first-order valence-electron chi connectivity index (χ1n) is 10.2. The Morgan fingerprint density at radius 3 is 2.55 bits per heavy atom. The zero-order chi connectivity index (χ0) is 21.8. The van der Waals surface area contributed by atoms with Crippen molar-refractivity contribution in [2.45, 2.75) is 32.9 Å². The van der Waals surface area contributed by atoms with Crippen LogP contribution >= 0.6 is 0 Å². The van der Waals surface area contributed by atoms with E-state index < -0.39 is 0 Å². The van der Waals surface area contributed by atoms with Crippen molar-refractivity contribution in [3.63, 3.8) is 0 Å². The summed E-state index contributed by atoms with van der Waals surface area (Å²) in [6.07, 6.45) is 1.71. The molecular formula is C24H22FN3O3. The van der Waals surface area contributed by atoms with Gasteiger partial charge in [-0.1, -0.05) is 31.5 Å². The van der Waals surface area contributed by atoms with Crippen molar-refractivity contribution in [2.75, 3.05) is 0 Å². The van der Waals surface area contributed by atoms with Crippen molar-refractivity contribution in [1.29, 1.82) is 0 Å². The highest BCUT2D eigenvalue weighted by atomic mass is 19.1. The number of aromatic nitrogens is 2. The Morgan fingerprint density at radius 2 is 1.81 bits per heavy atom. The number of fused-ring (bicyclic) bond motifs is 1. The molecule has 0 saturated carbocycles. The smallest absolute Gasteiger partial charge is 0.274 e. The average Bonchev–Trinajstić information content (AvgIpc) is 3.27. The predicted octanol–water partition coefficient (Wildman–Crippen LogP) is 4.53. The van der Waals surface area contributed by atoms with Gasteiger partial charge in [-0.05, 0) is 48.9 Å². The highest BCUT2D eigenvalue weighted by Gasteiger charge is 2.17. The third-order valence-corrected chi connectivity index (χ3v) is 5.02. The van der Waals surface area contributed by atoms with Gasteiger partial charge in [0.2, 0.25) is 0 Å². The fourth-order valence-corrected chi connectivity index (χ4v) is 3.36. The van der Waals surface area contributed by atoms with Crippen molar-refractivity contribution in [2.24, 2.45) is 0 Å². The van der Waals surface area contributed by atoms with E-state index >= 15 is 0 Å². The van der Waals surface area contributed by atoms with Crippen LogP contribution in [-0.2, 0) is 13.1 Å². The Morgan fingerprint density at radius 1 is 1.06 bits per heavy atom. The number of furan rings is 1. The minimum absolute atomic E-state index is 0.157. The number of unbranched alkanes of at least 4 members (excludes halogenated alkanes) is 1. The van der Waals surface area contributed by atoms with Gasteiger partial charge >= 0.3 is 0 Å². The zero-order valence-corrected chi connectivity index (χ0v) is 17.1. The van der Waals surface area contributed by atoms with Gasteiger partial charge in [-0.3, -0.25) is 9.59 Å². The number of halogens is 1. The number of nitrogens with zero attached hydrogens (tertiary/aromatic N) is 2. The summed E-state index contributed by atoms with van der Waals surface area (Å²) in [4.78, 5) is 25.6. The summed E-state index contributed by atoms with van der Waals surface area (Å²) in [5.74, 6) is 0.432. The molecule has 0 bridgehead atoms. The molecule has 31 heavy (non-hydrogen) atoms. The van der Waals surface area contributed by atoms with E-state index in [4.69, 9.17) is 4.42 Å². The van der Waals surface area contributed by atoms with Crippen molar-refractivity contribution in [1.82, 2.24) is 15.1 Å². The lowest BCUT2D eigenvalue weighted by molar-refractivity contribution is 0.0942. The Hall–Kier alpha value is -3.74. The van der Waals surface area contributed by atoms with Gasteiger partial charge in [-0.2, -0.15) is 5.10 Å². The number of rotatable bonds is 7. The monoisotopic (exact) mass is 419 g/mol. The second-order valence-corrected chi connectivity index (χ2v) is 7.23. The Bertz CT molecular complexity index is 1280. The molecule has 4 aromatic rings. The quantitative estimate of drug-likeness (QED) is 0.478. The van der Waals surface area contributed by atoms with Crippen LogP contribution in [0.1, 0.15) is 36.0 Å². The summed E-state index contributed by atoms with van der Waals surface area (Å²) in [5, 5.41) is 8.14. The van der Waals surface area contributed by atoms with E-state index in [1.807, 2.05) is 6.92 Å². The summed E-state index contributed by atoms with van der Waals surface area (Å²) < 4.78 is 20.2. The van der Waals surface area contributed by atoms with Crippen LogP contribution in [0.4, 0.5) is 4.39 Å². The largest absolute Gasteiger partial charge is 0.459 e. The van der Waals surface area contributed by atoms with Crippen LogP contribution in [0.25, 0.3) is 22.1 Å². The minimum atomic E-state index is -0.388. The number of hydrogen-bond acceptors (Lipinski definition) is 4. The van der Waals surface area contributed by atoms with Crippen molar-refractivity contribution < 1.29 is 13.6 Å². The highest BCUT2D eigenvalue weighted by molar-refractivity contribution is 6.04. The van der Waals surface area contributed by atoms with Crippen LogP contribution < -0.4 is 10.9 Å². The first-order valence-corrected chi connectivity index (χ1v) is 10.2. The molecule has 6 nitrogen and oxygen atoms in total. The third kappa shape index (κ3) is 4.40. The Labute approximate surface area is 178 Å². The molecule has 0 spiro atoms. The molecular weight excluding hydrogens is 397 g/mol. The fourth-order valence-electron chi connectivity index (χ4n) is 3.36. The first-order chi connectivity index (χ1) is 15.1. The van der Waals surface area contributed by atoms with Crippen LogP contribution in [0.2, 0.25) is 0 Å². The maximum atomic E-state index is 13.1. The van der Waals surface area contributed by atoms with E-state index in [0.29, 0.717) is 28.8 Å². The summed E-state index contributed by atoms with van der Waals surface area (Å²) in [7, 11) is 0. The lowest BCUT2D eigenvalue weighted by atomic mass is 10.1. The molecule has 0 fully saturated rings. The molecule has 2 heterocycles. The number of nitrogens with one attached hydrogen (secondary N) is 1.